The van der Waals surface area contributed by atoms with E-state index in [4.69, 9.17) is 4.74 Å². The number of carbonyl (C=O) groups is 3. The highest BCUT2D eigenvalue weighted by Crippen LogP contribution is 2.38. The number of hydrogen-bond acceptors (Lipinski definition) is 8. The van der Waals surface area contributed by atoms with E-state index in [0.29, 0.717) is 17.0 Å². The number of thiophene rings is 1. The van der Waals surface area contributed by atoms with Crippen LogP contribution in [0.2, 0.25) is 0 Å². The zero-order chi connectivity index (χ0) is 22.4. The van der Waals surface area contributed by atoms with Gasteiger partial charge in [0.05, 0.1) is 5.56 Å². The summed E-state index contributed by atoms with van der Waals surface area (Å²) in [4.78, 5) is 47.4. The molecule has 0 radical (unpaired) electrons. The van der Waals surface area contributed by atoms with Gasteiger partial charge in [0.1, 0.15) is 16.2 Å². The number of urea groups is 1. The summed E-state index contributed by atoms with van der Waals surface area (Å²) in [6.07, 6.45) is 2.25. The van der Waals surface area contributed by atoms with E-state index in [1.54, 1.807) is 29.5 Å². The number of nitrogens with zero attached hydrogens (tertiary/aromatic N) is 2. The highest BCUT2D eigenvalue weighted by Gasteiger charge is 2.19. The minimum Gasteiger partial charge on any atom is -0.452 e. The van der Waals surface area contributed by atoms with Crippen LogP contribution in [0.5, 0.6) is 0 Å². The first-order valence-corrected chi connectivity index (χ1v) is 11.3. The lowest BCUT2D eigenvalue weighted by molar-refractivity contribution is -0.123. The first-order chi connectivity index (χ1) is 14.9. The van der Waals surface area contributed by atoms with Crippen LogP contribution in [0.1, 0.15) is 34.1 Å². The Morgan fingerprint density at radius 1 is 1.16 bits per heavy atom. The van der Waals surface area contributed by atoms with Gasteiger partial charge in [-0.1, -0.05) is 30.8 Å². The molecule has 31 heavy (non-hydrogen) atoms. The van der Waals surface area contributed by atoms with E-state index < -0.39 is 24.5 Å². The van der Waals surface area contributed by atoms with Crippen molar-refractivity contribution < 1.29 is 19.1 Å². The molecule has 3 aromatic rings. The van der Waals surface area contributed by atoms with Crippen molar-refractivity contribution in [2.75, 3.05) is 13.2 Å². The molecule has 0 saturated carbocycles. The van der Waals surface area contributed by atoms with E-state index in [1.807, 2.05) is 26.8 Å². The molecule has 2 heterocycles. The molecule has 2 aromatic heterocycles. The third-order valence-corrected chi connectivity index (χ3v) is 6.56. The average molecular weight is 459 g/mol. The summed E-state index contributed by atoms with van der Waals surface area (Å²) in [6.45, 7) is 5.85. The average Bonchev–Trinajstić information content (AvgIpc) is 3.05. The smallest absolute Gasteiger partial charge is 0.339 e. The highest BCUT2D eigenvalue weighted by atomic mass is 32.2. The Kier molecular flexibility index (Phi) is 7.59. The summed E-state index contributed by atoms with van der Waals surface area (Å²) in [5.41, 5.74) is 1.42. The summed E-state index contributed by atoms with van der Waals surface area (Å²) >= 11 is 2.95. The lowest BCUT2D eigenvalue weighted by Crippen LogP contribution is -2.41. The van der Waals surface area contributed by atoms with E-state index in [2.05, 4.69) is 20.6 Å². The number of amides is 3. The molecular formula is C21H22N4O4S2. The fraction of sp³-hybridized carbons (Fsp3) is 0.286. The predicted octanol–water partition coefficient (Wildman–Crippen LogP) is 3.85. The van der Waals surface area contributed by atoms with Crippen LogP contribution in [-0.4, -0.2) is 41.0 Å². The van der Waals surface area contributed by atoms with Gasteiger partial charge in [0.25, 0.3) is 5.91 Å². The second-order valence-electron chi connectivity index (χ2n) is 6.62. The van der Waals surface area contributed by atoms with Gasteiger partial charge in [0.2, 0.25) is 0 Å². The number of rotatable bonds is 7. The second-order valence-corrected chi connectivity index (χ2v) is 8.85. The molecule has 0 aliphatic heterocycles. The second kappa shape index (κ2) is 10.4. The molecule has 10 heteroatoms. The van der Waals surface area contributed by atoms with E-state index in [1.165, 1.54) is 23.0 Å². The Bertz CT molecular complexity index is 1130. The number of benzene rings is 1. The van der Waals surface area contributed by atoms with Gasteiger partial charge < -0.3 is 10.1 Å². The largest absolute Gasteiger partial charge is 0.452 e. The van der Waals surface area contributed by atoms with Gasteiger partial charge in [0, 0.05) is 21.7 Å². The lowest BCUT2D eigenvalue weighted by Gasteiger charge is -2.10. The standard InChI is InChI=1S/C21H22N4O4S2/c1-4-9-22-21(28)25-16(26)10-29-20(27)14-7-5-6-8-15(14)31-19-17-12(2)13(3)30-18(17)23-11-24-19/h5-8,11H,4,9-10H2,1-3H3,(H2,22,25,26,28). The van der Waals surface area contributed by atoms with Crippen LogP contribution in [0.4, 0.5) is 4.79 Å². The van der Waals surface area contributed by atoms with Crippen molar-refractivity contribution in [1.29, 1.82) is 0 Å². The molecule has 0 fully saturated rings. The molecule has 0 unspecified atom stereocenters. The van der Waals surface area contributed by atoms with Crippen LogP contribution in [0.15, 0.2) is 40.5 Å². The Labute approximate surface area is 187 Å². The molecule has 162 valence electrons. The van der Waals surface area contributed by atoms with Gasteiger partial charge in [-0.3, -0.25) is 10.1 Å². The first-order valence-electron chi connectivity index (χ1n) is 9.63. The fourth-order valence-corrected chi connectivity index (χ4v) is 4.84. The maximum absolute atomic E-state index is 12.6. The fourth-order valence-electron chi connectivity index (χ4n) is 2.71. The van der Waals surface area contributed by atoms with Gasteiger partial charge in [-0.05, 0) is 38.0 Å². The van der Waals surface area contributed by atoms with E-state index in [9.17, 15) is 14.4 Å². The Hall–Kier alpha value is -2.98. The minimum absolute atomic E-state index is 0.312. The summed E-state index contributed by atoms with van der Waals surface area (Å²) in [7, 11) is 0. The Morgan fingerprint density at radius 2 is 1.94 bits per heavy atom. The zero-order valence-electron chi connectivity index (χ0n) is 17.4. The topological polar surface area (TPSA) is 110 Å². The predicted molar refractivity (Wildman–Crippen MR) is 120 cm³/mol. The van der Waals surface area contributed by atoms with Crippen LogP contribution in [0.3, 0.4) is 0 Å². The Morgan fingerprint density at radius 3 is 2.71 bits per heavy atom. The number of nitrogens with one attached hydrogen (secondary N) is 2. The van der Waals surface area contributed by atoms with Crippen LogP contribution < -0.4 is 10.6 Å². The molecule has 0 spiro atoms. The summed E-state index contributed by atoms with van der Waals surface area (Å²) in [5.74, 6) is -1.36. The van der Waals surface area contributed by atoms with Crippen molar-refractivity contribution in [3.05, 3.63) is 46.6 Å². The maximum Gasteiger partial charge on any atom is 0.339 e. The number of fused-ring (bicyclic) bond motifs is 1. The molecule has 2 N–H and O–H groups in total. The molecule has 3 rings (SSSR count). The summed E-state index contributed by atoms with van der Waals surface area (Å²) < 4.78 is 5.11. The number of imide groups is 1. The molecule has 0 atom stereocenters. The van der Waals surface area contributed by atoms with Crippen LogP contribution >= 0.6 is 23.1 Å². The molecule has 0 aliphatic rings. The highest BCUT2D eigenvalue weighted by molar-refractivity contribution is 7.99. The van der Waals surface area contributed by atoms with Gasteiger partial charge in [0.15, 0.2) is 6.61 Å². The van der Waals surface area contributed by atoms with Gasteiger partial charge >= 0.3 is 12.0 Å². The van der Waals surface area contributed by atoms with Crippen molar-refractivity contribution in [3.8, 4) is 0 Å². The zero-order valence-corrected chi connectivity index (χ0v) is 19.0. The molecule has 0 saturated heterocycles. The van der Waals surface area contributed by atoms with Crippen molar-refractivity contribution in [2.45, 2.75) is 37.1 Å². The number of aromatic nitrogens is 2. The molecule has 1 aromatic carbocycles. The number of carbonyl (C=O) groups excluding carboxylic acids is 3. The van der Waals surface area contributed by atoms with Crippen molar-refractivity contribution >= 4 is 51.2 Å². The Balaban J connectivity index is 1.72. The lowest BCUT2D eigenvalue weighted by atomic mass is 10.2. The van der Waals surface area contributed by atoms with E-state index in [0.717, 1.165) is 27.2 Å². The van der Waals surface area contributed by atoms with Gasteiger partial charge in [-0.2, -0.15) is 0 Å². The minimum atomic E-state index is -0.700. The summed E-state index contributed by atoms with van der Waals surface area (Å²) in [5, 5.41) is 6.35. The van der Waals surface area contributed by atoms with E-state index in [-0.39, 0.29) is 0 Å². The van der Waals surface area contributed by atoms with Crippen molar-refractivity contribution in [1.82, 2.24) is 20.6 Å². The van der Waals surface area contributed by atoms with Crippen molar-refractivity contribution in [3.63, 3.8) is 0 Å². The third-order valence-electron chi connectivity index (χ3n) is 4.37. The number of ether oxygens (including phenoxy) is 1. The normalized spacial score (nSPS) is 10.7. The molecule has 0 bridgehead atoms. The monoisotopic (exact) mass is 458 g/mol. The number of aryl methyl sites for hydroxylation is 2. The molecule has 3 amide bonds. The SMILES string of the molecule is CCCNC(=O)NC(=O)COC(=O)c1ccccc1Sc1ncnc2sc(C)c(C)c12. The van der Waals surface area contributed by atoms with Crippen LogP contribution in [0, 0.1) is 13.8 Å². The van der Waals surface area contributed by atoms with Gasteiger partial charge in [-0.25, -0.2) is 19.6 Å². The first kappa shape index (κ1) is 22.7. The van der Waals surface area contributed by atoms with Crippen molar-refractivity contribution in [2.24, 2.45) is 0 Å². The molecule has 0 aliphatic carbocycles. The van der Waals surface area contributed by atoms with Crippen LogP contribution in [0.25, 0.3) is 10.2 Å². The summed E-state index contributed by atoms with van der Waals surface area (Å²) in [6, 6.07) is 6.33. The van der Waals surface area contributed by atoms with Crippen LogP contribution in [-0.2, 0) is 9.53 Å². The molecule has 8 nitrogen and oxygen atoms in total. The third kappa shape index (κ3) is 5.59. The quantitative estimate of drug-likeness (QED) is 0.409. The number of hydrogen-bond donors (Lipinski definition) is 2. The molecular weight excluding hydrogens is 436 g/mol. The van der Waals surface area contributed by atoms with E-state index >= 15 is 0 Å². The number of esters is 1. The van der Waals surface area contributed by atoms with Gasteiger partial charge in [-0.15, -0.1) is 11.3 Å². The maximum atomic E-state index is 12.6.